The first-order valence-corrected chi connectivity index (χ1v) is 11.4. The maximum absolute atomic E-state index is 11.1. The number of benzene rings is 1. The SMILES string of the molecule is COc1cc(C)c(C[C@H](C[N+](=O)[O-])O[Si](C)(C)C(C)(C)C)c(C)c1O. The van der Waals surface area contributed by atoms with Crippen LogP contribution in [0.15, 0.2) is 6.07 Å². The Labute approximate surface area is 151 Å². The lowest BCUT2D eigenvalue weighted by Crippen LogP contribution is -2.46. The Morgan fingerprint density at radius 1 is 1.32 bits per heavy atom. The van der Waals surface area contributed by atoms with Crippen LogP contribution in [0.5, 0.6) is 11.5 Å². The van der Waals surface area contributed by atoms with Gasteiger partial charge in [0, 0.05) is 11.3 Å². The third-order valence-electron chi connectivity index (χ3n) is 5.14. The van der Waals surface area contributed by atoms with E-state index in [1.54, 1.807) is 13.0 Å². The summed E-state index contributed by atoms with van der Waals surface area (Å²) in [7, 11) is -0.643. The number of hydrogen-bond acceptors (Lipinski definition) is 5. The molecule has 0 aliphatic rings. The molecule has 7 heteroatoms. The minimum atomic E-state index is -2.15. The molecule has 0 aliphatic heterocycles. The van der Waals surface area contributed by atoms with Gasteiger partial charge < -0.3 is 14.3 Å². The molecule has 25 heavy (non-hydrogen) atoms. The molecule has 1 N–H and O–H groups in total. The number of nitrogens with zero attached hydrogens (tertiary/aromatic N) is 1. The zero-order chi connectivity index (χ0) is 19.6. The molecular weight excluding hydrogens is 338 g/mol. The summed E-state index contributed by atoms with van der Waals surface area (Å²) in [6.45, 7) is 14.0. The Hall–Kier alpha value is -1.60. The summed E-state index contributed by atoms with van der Waals surface area (Å²) in [4.78, 5) is 10.8. The summed E-state index contributed by atoms with van der Waals surface area (Å²) in [6, 6.07) is 1.76. The Kier molecular flexibility index (Phi) is 6.64. The van der Waals surface area contributed by atoms with E-state index in [0.29, 0.717) is 17.7 Å². The molecule has 0 saturated heterocycles. The van der Waals surface area contributed by atoms with Crippen LogP contribution in [0.1, 0.15) is 37.5 Å². The Bertz CT molecular complexity index is 637. The van der Waals surface area contributed by atoms with E-state index in [0.717, 1.165) is 11.1 Å². The first-order valence-electron chi connectivity index (χ1n) is 8.45. The molecular formula is C18H31NO5Si. The lowest BCUT2D eigenvalue weighted by Gasteiger charge is -2.38. The van der Waals surface area contributed by atoms with Crippen molar-refractivity contribution in [1.82, 2.24) is 0 Å². The van der Waals surface area contributed by atoms with E-state index in [2.05, 4.69) is 33.9 Å². The van der Waals surface area contributed by atoms with E-state index in [1.165, 1.54) is 7.11 Å². The van der Waals surface area contributed by atoms with Gasteiger partial charge in [0.1, 0.15) is 6.10 Å². The Morgan fingerprint density at radius 2 is 1.88 bits per heavy atom. The van der Waals surface area contributed by atoms with Crippen LogP contribution in [-0.4, -0.2) is 38.1 Å². The van der Waals surface area contributed by atoms with Crippen LogP contribution in [0.4, 0.5) is 0 Å². The molecule has 0 unspecified atom stereocenters. The molecule has 0 aromatic heterocycles. The molecule has 0 bridgehead atoms. The second-order valence-corrected chi connectivity index (χ2v) is 12.8. The van der Waals surface area contributed by atoms with Crippen LogP contribution >= 0.6 is 0 Å². The van der Waals surface area contributed by atoms with Crippen LogP contribution in [0.3, 0.4) is 0 Å². The molecule has 142 valence electrons. The van der Waals surface area contributed by atoms with Gasteiger partial charge in [-0.2, -0.15) is 0 Å². The molecule has 0 saturated carbocycles. The third-order valence-corrected chi connectivity index (χ3v) is 9.67. The minimum absolute atomic E-state index is 0.0337. The molecule has 1 atom stereocenters. The van der Waals surface area contributed by atoms with Crippen LogP contribution in [-0.2, 0) is 10.8 Å². The number of rotatable bonds is 7. The van der Waals surface area contributed by atoms with E-state index in [1.807, 2.05) is 6.92 Å². The van der Waals surface area contributed by atoms with Crippen molar-refractivity contribution in [3.8, 4) is 11.5 Å². The Balaban J connectivity index is 3.20. The fourth-order valence-electron chi connectivity index (χ4n) is 2.58. The molecule has 0 fully saturated rings. The zero-order valence-corrected chi connectivity index (χ0v) is 17.6. The highest BCUT2D eigenvalue weighted by Crippen LogP contribution is 2.39. The van der Waals surface area contributed by atoms with E-state index in [-0.39, 0.29) is 22.3 Å². The predicted molar refractivity (Wildman–Crippen MR) is 102 cm³/mol. The molecule has 6 nitrogen and oxygen atoms in total. The van der Waals surface area contributed by atoms with Gasteiger partial charge in [-0.15, -0.1) is 0 Å². The average Bonchev–Trinajstić information content (AvgIpc) is 2.45. The fraction of sp³-hybridized carbons (Fsp3) is 0.667. The molecule has 0 spiro atoms. The number of methoxy groups -OCH3 is 1. The van der Waals surface area contributed by atoms with E-state index in [4.69, 9.17) is 9.16 Å². The van der Waals surface area contributed by atoms with Crippen LogP contribution in [0, 0.1) is 24.0 Å². The van der Waals surface area contributed by atoms with Gasteiger partial charge in [0.05, 0.1) is 7.11 Å². The maximum atomic E-state index is 11.1. The maximum Gasteiger partial charge on any atom is 0.228 e. The number of aryl methyl sites for hydroxylation is 1. The highest BCUT2D eigenvalue weighted by Gasteiger charge is 2.40. The molecule has 0 heterocycles. The number of nitro groups is 1. The fourth-order valence-corrected chi connectivity index (χ4v) is 3.92. The molecule has 1 rings (SSSR count). The standard InChI is InChI=1S/C18H31NO5Si/c1-12-9-16(23-6)17(20)13(2)15(12)10-14(11-19(21)22)24-25(7,8)18(3,4)5/h9,14,20H,10-11H2,1-8H3/t14-/m1/s1. The summed E-state index contributed by atoms with van der Waals surface area (Å²) in [5, 5.41) is 21.4. The highest BCUT2D eigenvalue weighted by atomic mass is 28.4. The van der Waals surface area contributed by atoms with Gasteiger partial charge in [-0.1, -0.05) is 20.8 Å². The van der Waals surface area contributed by atoms with Crippen molar-refractivity contribution in [3.63, 3.8) is 0 Å². The normalized spacial score (nSPS) is 13.6. The van der Waals surface area contributed by atoms with Gasteiger partial charge in [0.2, 0.25) is 6.54 Å². The molecule has 1 aromatic carbocycles. The number of phenolic OH excluding ortho intramolecular Hbond substituents is 1. The monoisotopic (exact) mass is 369 g/mol. The minimum Gasteiger partial charge on any atom is -0.504 e. The summed E-state index contributed by atoms with van der Waals surface area (Å²) >= 11 is 0. The predicted octanol–water partition coefficient (Wildman–Crippen LogP) is 4.23. The topological polar surface area (TPSA) is 81.8 Å². The van der Waals surface area contributed by atoms with Crippen LogP contribution in [0.25, 0.3) is 0 Å². The van der Waals surface area contributed by atoms with Crippen molar-refractivity contribution in [1.29, 1.82) is 0 Å². The summed E-state index contributed by atoms with van der Waals surface area (Å²) in [5.41, 5.74) is 2.49. The second-order valence-electron chi connectivity index (χ2n) is 8.07. The number of aromatic hydroxyl groups is 1. The van der Waals surface area contributed by atoms with Gasteiger partial charge in [-0.3, -0.25) is 10.1 Å². The first-order chi connectivity index (χ1) is 11.3. The van der Waals surface area contributed by atoms with Crippen molar-refractivity contribution < 1.29 is 19.2 Å². The summed E-state index contributed by atoms with van der Waals surface area (Å²) in [5.74, 6) is 0.491. The van der Waals surface area contributed by atoms with Gasteiger partial charge in [-0.25, -0.2) is 0 Å². The third kappa shape index (κ3) is 5.18. The Morgan fingerprint density at radius 3 is 2.32 bits per heavy atom. The lowest BCUT2D eigenvalue weighted by molar-refractivity contribution is -0.489. The van der Waals surface area contributed by atoms with Crippen molar-refractivity contribution in [2.45, 2.75) is 65.3 Å². The van der Waals surface area contributed by atoms with E-state index < -0.39 is 14.4 Å². The highest BCUT2D eigenvalue weighted by molar-refractivity contribution is 6.74. The lowest BCUT2D eigenvalue weighted by atomic mass is 9.96. The largest absolute Gasteiger partial charge is 0.504 e. The van der Waals surface area contributed by atoms with Gasteiger partial charge in [0.15, 0.2) is 19.8 Å². The van der Waals surface area contributed by atoms with Crippen LogP contribution < -0.4 is 4.74 Å². The van der Waals surface area contributed by atoms with Crippen LogP contribution in [0.2, 0.25) is 18.1 Å². The van der Waals surface area contributed by atoms with Crippen molar-refractivity contribution >= 4 is 8.32 Å². The molecule has 0 aliphatic carbocycles. The first kappa shape index (κ1) is 21.4. The van der Waals surface area contributed by atoms with Crippen molar-refractivity contribution in [2.75, 3.05) is 13.7 Å². The molecule has 1 aromatic rings. The van der Waals surface area contributed by atoms with Crippen molar-refractivity contribution in [3.05, 3.63) is 32.9 Å². The number of phenols is 1. The van der Waals surface area contributed by atoms with Gasteiger partial charge >= 0.3 is 0 Å². The molecule has 0 amide bonds. The van der Waals surface area contributed by atoms with Gasteiger partial charge in [-0.05, 0) is 54.7 Å². The number of hydrogen-bond donors (Lipinski definition) is 1. The second kappa shape index (κ2) is 7.74. The van der Waals surface area contributed by atoms with Gasteiger partial charge in [0.25, 0.3) is 0 Å². The van der Waals surface area contributed by atoms with E-state index in [9.17, 15) is 15.2 Å². The summed E-state index contributed by atoms with van der Waals surface area (Å²) < 4.78 is 11.5. The number of ether oxygens (including phenoxy) is 1. The quantitative estimate of drug-likeness (QED) is 0.442. The molecule has 0 radical (unpaired) electrons. The van der Waals surface area contributed by atoms with Crippen molar-refractivity contribution in [2.24, 2.45) is 0 Å². The zero-order valence-electron chi connectivity index (χ0n) is 16.6. The average molecular weight is 370 g/mol. The van der Waals surface area contributed by atoms with E-state index >= 15 is 0 Å². The summed E-state index contributed by atoms with van der Waals surface area (Å²) in [6.07, 6.45) is -0.135. The smallest absolute Gasteiger partial charge is 0.228 e.